The molecule has 0 radical (unpaired) electrons. The molecule has 0 amide bonds. The highest BCUT2D eigenvalue weighted by Crippen LogP contribution is 2.17. The first-order valence-corrected chi connectivity index (χ1v) is 7.73. The van der Waals surface area contributed by atoms with Crippen LogP contribution in [0.5, 0.6) is 5.75 Å². The second-order valence-electron chi connectivity index (χ2n) is 5.76. The van der Waals surface area contributed by atoms with Crippen molar-refractivity contribution >= 4 is 0 Å². The van der Waals surface area contributed by atoms with E-state index in [1.54, 1.807) is 0 Å². The first kappa shape index (κ1) is 17.0. The van der Waals surface area contributed by atoms with Gasteiger partial charge in [-0.25, -0.2) is 0 Å². The number of nitrogens with zero attached hydrogens (tertiary/aromatic N) is 1. The molecule has 1 aromatic rings. The van der Waals surface area contributed by atoms with Gasteiger partial charge in [0.1, 0.15) is 5.75 Å². The van der Waals surface area contributed by atoms with Gasteiger partial charge in [-0.1, -0.05) is 39.3 Å². The lowest BCUT2D eigenvalue weighted by Crippen LogP contribution is -2.32. The predicted octanol–water partition coefficient (Wildman–Crippen LogP) is 3.45. The number of hydrogen-bond donors (Lipinski definition) is 1. The van der Waals surface area contributed by atoms with Crippen LogP contribution in [0.25, 0.3) is 0 Å². The van der Waals surface area contributed by atoms with E-state index in [0.29, 0.717) is 0 Å². The van der Waals surface area contributed by atoms with Crippen molar-refractivity contribution in [3.63, 3.8) is 0 Å². The zero-order valence-corrected chi connectivity index (χ0v) is 13.4. The van der Waals surface area contributed by atoms with Crippen molar-refractivity contribution in [1.29, 1.82) is 0 Å². The van der Waals surface area contributed by atoms with E-state index in [-0.39, 0.29) is 6.04 Å². The topological polar surface area (TPSA) is 38.5 Å². The Hall–Kier alpha value is -1.06. The Labute approximate surface area is 124 Å². The van der Waals surface area contributed by atoms with E-state index in [1.807, 2.05) is 12.1 Å². The van der Waals surface area contributed by atoms with E-state index < -0.39 is 0 Å². The van der Waals surface area contributed by atoms with Gasteiger partial charge < -0.3 is 15.4 Å². The lowest BCUT2D eigenvalue weighted by atomic mass is 10.1. The number of benzene rings is 1. The average Bonchev–Trinajstić information content (AvgIpc) is 2.45. The summed E-state index contributed by atoms with van der Waals surface area (Å²) in [4.78, 5) is 2.32. The molecule has 2 N–H and O–H groups in total. The minimum absolute atomic E-state index is 0.0595. The highest BCUT2D eigenvalue weighted by molar-refractivity contribution is 5.29. The SMILES string of the molecule is CCCOc1ccc(C(N)CN(C)CC(C)CC)cc1. The molecule has 0 bridgehead atoms. The van der Waals surface area contributed by atoms with Crippen molar-refractivity contribution in [3.8, 4) is 5.75 Å². The van der Waals surface area contributed by atoms with Crippen LogP contribution >= 0.6 is 0 Å². The Kier molecular flexibility index (Phi) is 7.63. The second-order valence-corrected chi connectivity index (χ2v) is 5.76. The summed E-state index contributed by atoms with van der Waals surface area (Å²) in [5.74, 6) is 1.65. The number of hydrogen-bond acceptors (Lipinski definition) is 3. The molecule has 114 valence electrons. The van der Waals surface area contributed by atoms with E-state index in [9.17, 15) is 0 Å². The highest BCUT2D eigenvalue weighted by atomic mass is 16.5. The zero-order valence-electron chi connectivity index (χ0n) is 13.4. The summed E-state index contributed by atoms with van der Waals surface area (Å²) in [7, 11) is 2.14. The van der Waals surface area contributed by atoms with Gasteiger partial charge in [0.25, 0.3) is 0 Å². The van der Waals surface area contributed by atoms with E-state index >= 15 is 0 Å². The fourth-order valence-corrected chi connectivity index (χ4v) is 2.21. The van der Waals surface area contributed by atoms with Crippen molar-refractivity contribution in [2.45, 2.75) is 39.7 Å². The fourth-order valence-electron chi connectivity index (χ4n) is 2.21. The molecule has 1 rings (SSSR count). The first-order chi connectivity index (χ1) is 9.56. The van der Waals surface area contributed by atoms with E-state index in [1.165, 1.54) is 12.0 Å². The maximum atomic E-state index is 6.28. The Bertz CT molecular complexity index is 364. The van der Waals surface area contributed by atoms with Crippen molar-refractivity contribution < 1.29 is 4.74 Å². The number of ether oxygens (including phenoxy) is 1. The van der Waals surface area contributed by atoms with Gasteiger partial charge in [0.05, 0.1) is 6.61 Å². The smallest absolute Gasteiger partial charge is 0.119 e. The molecule has 20 heavy (non-hydrogen) atoms. The summed E-state index contributed by atoms with van der Waals surface area (Å²) in [6.45, 7) is 9.37. The molecule has 3 nitrogen and oxygen atoms in total. The summed E-state index contributed by atoms with van der Waals surface area (Å²) in [6.07, 6.45) is 2.24. The van der Waals surface area contributed by atoms with Crippen LogP contribution in [-0.2, 0) is 0 Å². The second kappa shape index (κ2) is 8.98. The van der Waals surface area contributed by atoms with Crippen LogP contribution in [-0.4, -0.2) is 31.6 Å². The van der Waals surface area contributed by atoms with Gasteiger partial charge in [-0.05, 0) is 37.1 Å². The minimum Gasteiger partial charge on any atom is -0.494 e. The largest absolute Gasteiger partial charge is 0.494 e. The fraction of sp³-hybridized carbons (Fsp3) is 0.647. The summed E-state index contributed by atoms with van der Waals surface area (Å²) >= 11 is 0. The summed E-state index contributed by atoms with van der Waals surface area (Å²) in [5, 5.41) is 0. The summed E-state index contributed by atoms with van der Waals surface area (Å²) in [5.41, 5.74) is 7.45. The molecule has 0 saturated carbocycles. The molecule has 0 heterocycles. The van der Waals surface area contributed by atoms with Crippen LogP contribution in [0.3, 0.4) is 0 Å². The van der Waals surface area contributed by atoms with Crippen molar-refractivity contribution in [2.75, 3.05) is 26.7 Å². The van der Waals surface area contributed by atoms with Crippen LogP contribution in [0.15, 0.2) is 24.3 Å². The molecule has 0 aliphatic rings. The van der Waals surface area contributed by atoms with Crippen LogP contribution in [0, 0.1) is 5.92 Å². The molecule has 0 aliphatic heterocycles. The third kappa shape index (κ3) is 5.93. The Morgan fingerprint density at radius 2 is 1.80 bits per heavy atom. The maximum absolute atomic E-state index is 6.28. The molecule has 0 aliphatic carbocycles. The molecule has 0 aromatic heterocycles. The Balaban J connectivity index is 2.48. The minimum atomic E-state index is 0.0595. The van der Waals surface area contributed by atoms with E-state index in [2.05, 4.69) is 44.9 Å². The first-order valence-electron chi connectivity index (χ1n) is 7.73. The standard InChI is InChI=1S/C17H30N2O/c1-5-11-20-16-9-7-15(8-10-16)17(18)13-19(4)12-14(3)6-2/h7-10,14,17H,5-6,11-13,18H2,1-4H3. The van der Waals surface area contributed by atoms with Crippen LogP contribution in [0.4, 0.5) is 0 Å². The van der Waals surface area contributed by atoms with Gasteiger partial charge in [0.2, 0.25) is 0 Å². The molecular weight excluding hydrogens is 248 g/mol. The van der Waals surface area contributed by atoms with Gasteiger partial charge in [-0.3, -0.25) is 0 Å². The molecule has 0 fully saturated rings. The van der Waals surface area contributed by atoms with Gasteiger partial charge in [0.15, 0.2) is 0 Å². The molecule has 1 aromatic carbocycles. The number of rotatable bonds is 9. The monoisotopic (exact) mass is 278 g/mol. The van der Waals surface area contributed by atoms with Crippen molar-refractivity contribution in [3.05, 3.63) is 29.8 Å². The Morgan fingerprint density at radius 3 is 2.35 bits per heavy atom. The Morgan fingerprint density at radius 1 is 1.15 bits per heavy atom. The molecule has 2 unspecified atom stereocenters. The third-order valence-electron chi connectivity index (χ3n) is 3.61. The predicted molar refractivity (Wildman–Crippen MR) is 86.1 cm³/mol. The highest BCUT2D eigenvalue weighted by Gasteiger charge is 2.11. The van der Waals surface area contributed by atoms with Crippen molar-refractivity contribution in [1.82, 2.24) is 4.90 Å². The summed E-state index contributed by atoms with van der Waals surface area (Å²) in [6, 6.07) is 8.24. The molecule has 2 atom stereocenters. The quantitative estimate of drug-likeness (QED) is 0.752. The maximum Gasteiger partial charge on any atom is 0.119 e. The molecule has 3 heteroatoms. The van der Waals surface area contributed by atoms with Gasteiger partial charge in [0, 0.05) is 19.1 Å². The lowest BCUT2D eigenvalue weighted by Gasteiger charge is -2.24. The lowest BCUT2D eigenvalue weighted by molar-refractivity contribution is 0.267. The van der Waals surface area contributed by atoms with E-state index in [0.717, 1.165) is 37.8 Å². The van der Waals surface area contributed by atoms with Crippen molar-refractivity contribution in [2.24, 2.45) is 11.7 Å². The average molecular weight is 278 g/mol. The van der Waals surface area contributed by atoms with Gasteiger partial charge >= 0.3 is 0 Å². The van der Waals surface area contributed by atoms with E-state index in [4.69, 9.17) is 10.5 Å². The summed E-state index contributed by atoms with van der Waals surface area (Å²) < 4.78 is 5.59. The number of nitrogens with two attached hydrogens (primary N) is 1. The normalized spacial score (nSPS) is 14.3. The molecule has 0 spiro atoms. The zero-order chi connectivity index (χ0) is 15.0. The van der Waals surface area contributed by atoms with Gasteiger partial charge in [-0.2, -0.15) is 0 Å². The third-order valence-corrected chi connectivity index (χ3v) is 3.61. The van der Waals surface area contributed by atoms with Crippen LogP contribution < -0.4 is 10.5 Å². The van der Waals surface area contributed by atoms with Gasteiger partial charge in [-0.15, -0.1) is 0 Å². The van der Waals surface area contributed by atoms with Crippen LogP contribution in [0.2, 0.25) is 0 Å². The molecule has 0 saturated heterocycles. The molecular formula is C17H30N2O. The van der Waals surface area contributed by atoms with Crippen LogP contribution in [0.1, 0.15) is 45.2 Å². The number of likely N-dealkylation sites (N-methyl/N-ethyl adjacent to an activating group) is 1.